The van der Waals surface area contributed by atoms with Crippen molar-refractivity contribution in [2.24, 2.45) is 0 Å². The molecular formula is C23H29N5O5S2. The Kier molecular flexibility index (Phi) is 9.97. The number of rotatable bonds is 11. The number of esters is 1. The van der Waals surface area contributed by atoms with Gasteiger partial charge in [0.2, 0.25) is 10.0 Å². The Morgan fingerprint density at radius 1 is 1.26 bits per heavy atom. The van der Waals surface area contributed by atoms with E-state index in [1.165, 1.54) is 40.3 Å². The van der Waals surface area contributed by atoms with Gasteiger partial charge in [-0.15, -0.1) is 11.3 Å². The molecule has 35 heavy (non-hydrogen) atoms. The van der Waals surface area contributed by atoms with E-state index >= 15 is 0 Å². The molecule has 1 aromatic carbocycles. The number of ether oxygens (including phenoxy) is 1. The lowest BCUT2D eigenvalue weighted by Gasteiger charge is -2.19. The molecule has 2 rings (SSSR count). The lowest BCUT2D eigenvalue weighted by atomic mass is 10.3. The highest BCUT2D eigenvalue weighted by atomic mass is 32.2. The monoisotopic (exact) mass is 519 g/mol. The number of nitriles is 1. The number of thiazole rings is 1. The number of hydrogen-bond donors (Lipinski definition) is 1. The minimum absolute atomic E-state index is 0.0521. The van der Waals surface area contributed by atoms with Crippen LogP contribution in [0.1, 0.15) is 6.92 Å². The molecule has 0 bridgehead atoms. The summed E-state index contributed by atoms with van der Waals surface area (Å²) >= 11 is 0.983. The predicted octanol–water partition coefficient (Wildman–Crippen LogP) is 0.365. The summed E-state index contributed by atoms with van der Waals surface area (Å²) in [6, 6.07) is 7.98. The SMILES string of the molecule is C=CCOC(=O)/C(C#N)=c1\s/c(=C/Nc2ccc(S(=O)(=O)N(C)CCN(C)C)cc2)c(=O)n1CC. The molecule has 0 spiro atoms. The molecule has 0 aliphatic rings. The number of carbonyl (C=O) groups excluding carboxylic acids is 1. The molecule has 0 saturated carbocycles. The van der Waals surface area contributed by atoms with E-state index in [-0.39, 0.29) is 38.4 Å². The van der Waals surface area contributed by atoms with Crippen molar-refractivity contribution in [3.05, 3.63) is 56.5 Å². The fourth-order valence-electron chi connectivity index (χ4n) is 2.89. The molecule has 0 saturated heterocycles. The van der Waals surface area contributed by atoms with Gasteiger partial charge in [-0.1, -0.05) is 12.7 Å². The van der Waals surface area contributed by atoms with E-state index in [1.807, 2.05) is 25.1 Å². The van der Waals surface area contributed by atoms with Crippen LogP contribution >= 0.6 is 11.3 Å². The van der Waals surface area contributed by atoms with Gasteiger partial charge in [0.25, 0.3) is 5.56 Å². The average Bonchev–Trinajstić information content (AvgIpc) is 3.15. The highest BCUT2D eigenvalue weighted by Gasteiger charge is 2.20. The topological polar surface area (TPSA) is 125 Å². The lowest BCUT2D eigenvalue weighted by Crippen LogP contribution is -2.33. The van der Waals surface area contributed by atoms with E-state index in [1.54, 1.807) is 19.1 Å². The summed E-state index contributed by atoms with van der Waals surface area (Å²) < 4.78 is 33.5. The molecular weight excluding hydrogens is 490 g/mol. The summed E-state index contributed by atoms with van der Waals surface area (Å²) in [5, 5.41) is 12.4. The number of nitrogens with zero attached hydrogens (tertiary/aromatic N) is 4. The smallest absolute Gasteiger partial charge is 0.352 e. The Labute approximate surface area is 208 Å². The second-order valence-corrected chi connectivity index (χ2v) is 10.7. The van der Waals surface area contributed by atoms with E-state index in [2.05, 4.69) is 11.9 Å². The molecule has 10 nitrogen and oxygen atoms in total. The maximum absolute atomic E-state index is 12.8. The molecule has 1 aromatic heterocycles. The molecule has 12 heteroatoms. The standard InChI is InChI=1S/C23H29N5O5S2/c1-6-14-33-23(30)19(15-24)22-28(7-2)21(29)20(34-22)16-25-17-8-10-18(11-9-17)35(31,32)27(5)13-12-26(3)4/h6,8-11,16,25H,1,7,12-14H2,2-5H3/b20-16+,22-19-. The third kappa shape index (κ3) is 6.89. The summed E-state index contributed by atoms with van der Waals surface area (Å²) in [5.41, 5.74) is -0.0680. The zero-order valence-electron chi connectivity index (χ0n) is 20.1. The van der Waals surface area contributed by atoms with E-state index in [0.29, 0.717) is 18.8 Å². The fourth-order valence-corrected chi connectivity index (χ4v) is 5.13. The highest BCUT2D eigenvalue weighted by molar-refractivity contribution is 7.89. The Morgan fingerprint density at radius 2 is 1.91 bits per heavy atom. The van der Waals surface area contributed by atoms with Crippen LogP contribution in [-0.2, 0) is 26.1 Å². The van der Waals surface area contributed by atoms with Gasteiger partial charge < -0.3 is 15.0 Å². The molecule has 0 aliphatic carbocycles. The zero-order chi connectivity index (χ0) is 26.2. The molecule has 0 atom stereocenters. The van der Waals surface area contributed by atoms with Crippen LogP contribution in [0, 0.1) is 11.3 Å². The van der Waals surface area contributed by atoms with Crippen LogP contribution < -0.4 is 20.1 Å². The van der Waals surface area contributed by atoms with Gasteiger partial charge in [-0.05, 0) is 45.3 Å². The Morgan fingerprint density at radius 3 is 2.46 bits per heavy atom. The Bertz CT molecular complexity index is 1380. The van der Waals surface area contributed by atoms with Crippen LogP contribution in [0.15, 0.2) is 46.6 Å². The fraction of sp³-hybridized carbons (Fsp3) is 0.348. The quantitative estimate of drug-likeness (QED) is 0.333. The van der Waals surface area contributed by atoms with E-state index in [9.17, 15) is 23.3 Å². The van der Waals surface area contributed by atoms with Crippen molar-refractivity contribution in [2.75, 3.05) is 46.2 Å². The second-order valence-electron chi connectivity index (χ2n) is 7.64. The summed E-state index contributed by atoms with van der Waals surface area (Å²) in [5.74, 6) is -0.831. The number of carbonyl (C=O) groups is 1. The van der Waals surface area contributed by atoms with E-state index in [0.717, 1.165) is 11.3 Å². The van der Waals surface area contributed by atoms with Crippen LogP contribution in [0.4, 0.5) is 5.69 Å². The van der Waals surface area contributed by atoms with E-state index in [4.69, 9.17) is 4.74 Å². The number of aromatic nitrogens is 1. The van der Waals surface area contributed by atoms with Crippen molar-refractivity contribution in [3.8, 4) is 6.07 Å². The van der Waals surface area contributed by atoms with Crippen LogP contribution in [-0.4, -0.2) is 69.0 Å². The van der Waals surface area contributed by atoms with Crippen molar-refractivity contribution in [3.63, 3.8) is 0 Å². The zero-order valence-corrected chi connectivity index (χ0v) is 21.8. The normalized spacial score (nSPS) is 13.0. The highest BCUT2D eigenvalue weighted by Crippen LogP contribution is 2.17. The molecule has 1 N–H and O–H groups in total. The Hall–Kier alpha value is -3.24. The van der Waals surface area contributed by atoms with Gasteiger partial charge in [0.05, 0.1) is 4.90 Å². The Balaban J connectivity index is 2.35. The number of hydrogen-bond acceptors (Lipinski definition) is 9. The third-order valence-electron chi connectivity index (χ3n) is 4.88. The number of likely N-dealkylation sites (N-methyl/N-ethyl adjacent to an activating group) is 2. The summed E-state index contributed by atoms with van der Waals surface area (Å²) in [6.07, 6.45) is 2.84. The van der Waals surface area contributed by atoms with Crippen LogP contribution in [0.3, 0.4) is 0 Å². The number of sulfonamides is 1. The van der Waals surface area contributed by atoms with Crippen molar-refractivity contribution in [1.82, 2.24) is 13.8 Å². The molecule has 2 aromatic rings. The first kappa shape index (κ1) is 28.0. The van der Waals surface area contributed by atoms with Gasteiger partial charge in [-0.2, -0.15) is 9.57 Å². The van der Waals surface area contributed by atoms with Crippen LogP contribution in [0.2, 0.25) is 0 Å². The van der Waals surface area contributed by atoms with Gasteiger partial charge in [0.15, 0.2) is 5.57 Å². The molecule has 0 amide bonds. The van der Waals surface area contributed by atoms with Gasteiger partial charge in [0, 0.05) is 38.6 Å². The molecule has 0 unspecified atom stereocenters. The maximum Gasteiger partial charge on any atom is 0.352 e. The molecule has 0 fully saturated rings. The van der Waals surface area contributed by atoms with Crippen molar-refractivity contribution < 1.29 is 17.9 Å². The van der Waals surface area contributed by atoms with E-state index < -0.39 is 16.0 Å². The number of anilines is 1. The van der Waals surface area contributed by atoms with Gasteiger partial charge in [-0.3, -0.25) is 9.36 Å². The first-order valence-electron chi connectivity index (χ1n) is 10.7. The predicted molar refractivity (Wildman–Crippen MR) is 137 cm³/mol. The van der Waals surface area contributed by atoms with Crippen LogP contribution in [0.25, 0.3) is 11.8 Å². The minimum Gasteiger partial charge on any atom is -0.457 e. The van der Waals surface area contributed by atoms with Gasteiger partial charge in [-0.25, -0.2) is 13.2 Å². The van der Waals surface area contributed by atoms with Crippen molar-refractivity contribution >= 4 is 44.8 Å². The molecule has 0 aliphatic heterocycles. The first-order chi connectivity index (χ1) is 16.6. The van der Waals surface area contributed by atoms with Gasteiger partial charge >= 0.3 is 5.97 Å². The molecule has 1 heterocycles. The summed E-state index contributed by atoms with van der Waals surface area (Å²) in [6.45, 7) is 6.35. The lowest BCUT2D eigenvalue weighted by molar-refractivity contribution is -0.135. The number of benzene rings is 1. The first-order valence-corrected chi connectivity index (χ1v) is 12.9. The number of nitrogens with one attached hydrogen (secondary N) is 1. The third-order valence-corrected chi connectivity index (χ3v) is 7.88. The maximum atomic E-state index is 12.8. The largest absolute Gasteiger partial charge is 0.457 e. The molecule has 188 valence electrons. The van der Waals surface area contributed by atoms with Crippen molar-refractivity contribution in [1.29, 1.82) is 5.26 Å². The molecule has 0 radical (unpaired) electrons. The second kappa shape index (κ2) is 12.5. The van der Waals surface area contributed by atoms with Crippen LogP contribution in [0.5, 0.6) is 0 Å². The summed E-state index contributed by atoms with van der Waals surface area (Å²) in [4.78, 5) is 27.1. The summed E-state index contributed by atoms with van der Waals surface area (Å²) in [7, 11) is 1.65. The minimum atomic E-state index is -3.62. The van der Waals surface area contributed by atoms with Crippen molar-refractivity contribution in [2.45, 2.75) is 18.4 Å². The average molecular weight is 520 g/mol. The van der Waals surface area contributed by atoms with Gasteiger partial charge in [0.1, 0.15) is 21.9 Å².